The lowest BCUT2D eigenvalue weighted by molar-refractivity contribution is -0.143. The minimum Gasteiger partial charge on any atom is -0.510 e. The predicted molar refractivity (Wildman–Crippen MR) is 113 cm³/mol. The van der Waals surface area contributed by atoms with Crippen LogP contribution in [0.4, 0.5) is 5.69 Å². The molecule has 0 radical (unpaired) electrons. The number of aromatic hydroxyl groups is 1. The number of phenols is 1. The molecule has 10 heteroatoms. The number of primary amides is 1. The molecule has 0 bridgehead atoms. The molecule has 3 aliphatic rings. The van der Waals surface area contributed by atoms with Crippen LogP contribution in [0.5, 0.6) is 5.75 Å². The lowest BCUT2D eigenvalue weighted by Crippen LogP contribution is -2.61. The number of anilines is 1. The van der Waals surface area contributed by atoms with E-state index in [-0.39, 0.29) is 16.8 Å². The van der Waals surface area contributed by atoms with Crippen molar-refractivity contribution in [2.24, 2.45) is 23.5 Å². The van der Waals surface area contributed by atoms with Crippen LogP contribution in [-0.2, 0) is 14.4 Å². The Labute approximate surface area is 183 Å². The Kier molecular flexibility index (Phi) is 4.83. The lowest BCUT2D eigenvalue weighted by Gasteiger charge is -2.50. The Balaban J connectivity index is 1.99. The van der Waals surface area contributed by atoms with E-state index in [1.54, 1.807) is 27.1 Å². The fraction of sp³-hybridized carbons (Fsp3) is 0.409. The topological polar surface area (TPSA) is 187 Å². The maximum Gasteiger partial charge on any atom is 0.255 e. The number of aliphatic hydroxyl groups excluding tert-OH is 3. The summed E-state index contributed by atoms with van der Waals surface area (Å²) in [5.74, 6) is -8.62. The number of hydrogen-bond acceptors (Lipinski definition) is 9. The number of rotatable bonds is 2. The zero-order valence-corrected chi connectivity index (χ0v) is 17.7. The van der Waals surface area contributed by atoms with Crippen molar-refractivity contribution >= 4 is 28.9 Å². The average Bonchev–Trinajstić information content (AvgIpc) is 2.69. The van der Waals surface area contributed by atoms with Crippen molar-refractivity contribution in [3.8, 4) is 5.75 Å². The fourth-order valence-corrected chi connectivity index (χ4v) is 5.62. The molecule has 0 spiro atoms. The highest BCUT2D eigenvalue weighted by atomic mass is 16.3. The highest BCUT2D eigenvalue weighted by molar-refractivity contribution is 6.28. The number of benzene rings is 1. The van der Waals surface area contributed by atoms with Gasteiger partial charge in [-0.3, -0.25) is 19.3 Å². The highest BCUT2D eigenvalue weighted by Crippen LogP contribution is 2.54. The zero-order chi connectivity index (χ0) is 23.8. The molecule has 1 amide bonds. The van der Waals surface area contributed by atoms with Crippen LogP contribution in [0.3, 0.4) is 0 Å². The van der Waals surface area contributed by atoms with Gasteiger partial charge in [0.1, 0.15) is 22.8 Å². The molecule has 0 aliphatic heterocycles. The van der Waals surface area contributed by atoms with E-state index < -0.39 is 76.1 Å². The van der Waals surface area contributed by atoms with Gasteiger partial charge in [-0.2, -0.15) is 0 Å². The average molecular weight is 443 g/mol. The minimum absolute atomic E-state index is 0.00600. The lowest BCUT2D eigenvalue weighted by atomic mass is 9.56. The van der Waals surface area contributed by atoms with Crippen LogP contribution in [0, 0.1) is 17.8 Å². The second-order valence-corrected chi connectivity index (χ2v) is 8.85. The molecular formula is C22H25N3O7. The highest BCUT2D eigenvalue weighted by Gasteiger charge is 2.60. The molecule has 4 rings (SSSR count). The number of ketones is 2. The van der Waals surface area contributed by atoms with Crippen molar-refractivity contribution < 1.29 is 34.8 Å². The van der Waals surface area contributed by atoms with E-state index in [1.807, 2.05) is 0 Å². The van der Waals surface area contributed by atoms with Crippen LogP contribution < -0.4 is 11.5 Å². The van der Waals surface area contributed by atoms with E-state index >= 15 is 0 Å². The number of likely N-dealkylation sites (N-methyl/N-ethyl adjacent to an activating group) is 1. The van der Waals surface area contributed by atoms with Crippen LogP contribution in [0.15, 0.2) is 29.0 Å². The summed E-state index contributed by atoms with van der Waals surface area (Å²) >= 11 is 0. The Hall–Kier alpha value is -3.37. The van der Waals surface area contributed by atoms with Gasteiger partial charge in [0.15, 0.2) is 11.6 Å². The zero-order valence-electron chi connectivity index (χ0n) is 17.7. The first-order chi connectivity index (χ1) is 14.9. The van der Waals surface area contributed by atoms with Crippen LogP contribution in [0.25, 0.3) is 5.76 Å². The molecule has 10 nitrogen and oxygen atoms in total. The van der Waals surface area contributed by atoms with Crippen LogP contribution in [0.2, 0.25) is 0 Å². The number of carbonyl (C=O) groups is 3. The Morgan fingerprint density at radius 1 is 1.09 bits per heavy atom. The van der Waals surface area contributed by atoms with Crippen molar-refractivity contribution in [1.82, 2.24) is 4.90 Å². The van der Waals surface area contributed by atoms with Crippen molar-refractivity contribution in [1.29, 1.82) is 0 Å². The molecule has 0 saturated heterocycles. The third-order valence-corrected chi connectivity index (χ3v) is 7.02. The number of aliphatic hydroxyl groups is 3. The van der Waals surface area contributed by atoms with E-state index in [9.17, 15) is 34.8 Å². The Morgan fingerprint density at radius 3 is 2.28 bits per heavy atom. The molecular weight excluding hydrogens is 418 g/mol. The van der Waals surface area contributed by atoms with Gasteiger partial charge in [0.25, 0.3) is 5.91 Å². The molecule has 1 saturated carbocycles. The van der Waals surface area contributed by atoms with Crippen molar-refractivity contribution in [2.75, 3.05) is 19.8 Å². The Bertz CT molecular complexity index is 1140. The first-order valence-corrected chi connectivity index (χ1v) is 10.1. The maximum atomic E-state index is 13.6. The summed E-state index contributed by atoms with van der Waals surface area (Å²) in [6.07, 6.45) is -1.34. The van der Waals surface area contributed by atoms with Crippen LogP contribution in [-0.4, -0.2) is 69.0 Å². The van der Waals surface area contributed by atoms with Gasteiger partial charge in [-0.1, -0.05) is 13.0 Å². The first kappa shape index (κ1) is 21.8. The number of amides is 1. The molecule has 32 heavy (non-hydrogen) atoms. The van der Waals surface area contributed by atoms with Gasteiger partial charge in [-0.25, -0.2) is 0 Å². The number of nitrogens with zero attached hydrogens (tertiary/aromatic N) is 1. The van der Waals surface area contributed by atoms with E-state index in [4.69, 9.17) is 11.5 Å². The van der Waals surface area contributed by atoms with Crippen molar-refractivity contribution in [2.45, 2.75) is 25.0 Å². The summed E-state index contributed by atoms with van der Waals surface area (Å²) in [5, 5.41) is 43.6. The molecule has 1 fully saturated rings. The van der Waals surface area contributed by atoms with Gasteiger partial charge in [0, 0.05) is 17.4 Å². The summed E-state index contributed by atoms with van der Waals surface area (Å²) in [4.78, 5) is 40.2. The number of Topliss-reactive ketones (excluding diaryl/α,β-unsaturated/α-hetero) is 2. The minimum atomic E-state index is -1.54. The molecule has 8 N–H and O–H groups in total. The van der Waals surface area contributed by atoms with E-state index in [2.05, 4.69) is 0 Å². The molecule has 3 unspecified atom stereocenters. The van der Waals surface area contributed by atoms with Gasteiger partial charge in [0.05, 0.1) is 29.3 Å². The largest absolute Gasteiger partial charge is 0.510 e. The first-order valence-electron chi connectivity index (χ1n) is 10.1. The van der Waals surface area contributed by atoms with E-state index in [1.165, 1.54) is 11.0 Å². The predicted octanol–water partition coefficient (Wildman–Crippen LogP) is -0.0369. The van der Waals surface area contributed by atoms with Crippen molar-refractivity contribution in [3.63, 3.8) is 0 Å². The summed E-state index contributed by atoms with van der Waals surface area (Å²) in [6.45, 7) is 1.72. The summed E-state index contributed by atoms with van der Waals surface area (Å²) < 4.78 is 0. The smallest absolute Gasteiger partial charge is 0.255 e. The standard InChI is InChI=1S/C22H25N3O7/c1-6-7-4-5-8(23)16(26)10(7)18(28)12-9(6)17(27)11-13(19(12)29)20(30)14(22(24)32)21(31)15(11)25(2)3/h4-6,9,11,13,15,17,26-28,31H,23H2,1-3H3,(H2,24,32)/t6-,9?,11?,13?,15-,17-/m0/s1. The molecule has 0 heterocycles. The van der Waals surface area contributed by atoms with Gasteiger partial charge in [-0.15, -0.1) is 0 Å². The number of nitrogens with two attached hydrogens (primary N) is 2. The third kappa shape index (κ3) is 2.63. The number of carbonyl (C=O) groups excluding carboxylic acids is 3. The third-order valence-electron chi connectivity index (χ3n) is 7.02. The number of fused-ring (bicyclic) bond motifs is 3. The summed E-state index contributed by atoms with van der Waals surface area (Å²) in [6, 6.07) is 2.03. The number of nitrogen functional groups attached to an aromatic ring is 1. The van der Waals surface area contributed by atoms with Crippen LogP contribution in [0.1, 0.15) is 24.0 Å². The normalized spacial score (nSPS) is 32.0. The maximum absolute atomic E-state index is 13.6. The molecule has 3 aliphatic carbocycles. The van der Waals surface area contributed by atoms with Gasteiger partial charge >= 0.3 is 0 Å². The number of hydrogen-bond donors (Lipinski definition) is 6. The van der Waals surface area contributed by atoms with Gasteiger partial charge in [-0.05, 0) is 31.6 Å². The summed E-state index contributed by atoms with van der Waals surface area (Å²) in [7, 11) is 3.15. The second kappa shape index (κ2) is 7.07. The summed E-state index contributed by atoms with van der Waals surface area (Å²) in [5.41, 5.74) is 10.6. The van der Waals surface area contributed by atoms with Crippen molar-refractivity contribution in [3.05, 3.63) is 40.2 Å². The van der Waals surface area contributed by atoms with Gasteiger partial charge in [0.2, 0.25) is 0 Å². The molecule has 1 aromatic rings. The molecule has 6 atom stereocenters. The van der Waals surface area contributed by atoms with E-state index in [0.717, 1.165) is 0 Å². The molecule has 1 aromatic carbocycles. The Morgan fingerprint density at radius 2 is 1.72 bits per heavy atom. The fourth-order valence-electron chi connectivity index (χ4n) is 5.62. The molecule has 170 valence electrons. The van der Waals surface area contributed by atoms with E-state index in [0.29, 0.717) is 5.56 Å². The monoisotopic (exact) mass is 443 g/mol. The SMILES string of the molecule is C[C@H]1c2ccc(N)c(O)c2C(O)=C2C(=O)C3C(=O)C(C(N)=O)=C(O)[C@@H](N(C)C)C3[C@@H](O)C21. The second-order valence-electron chi connectivity index (χ2n) is 8.85. The number of phenolic OH excluding ortho intramolecular Hbond substituents is 1. The van der Waals surface area contributed by atoms with Crippen LogP contribution >= 0.6 is 0 Å². The molecule has 0 aromatic heterocycles. The quantitative estimate of drug-likeness (QED) is 0.158. The van der Waals surface area contributed by atoms with Gasteiger partial charge < -0.3 is 31.9 Å².